The first-order valence-corrected chi connectivity index (χ1v) is 8.46. The summed E-state index contributed by atoms with van der Waals surface area (Å²) in [4.78, 5) is 13.4. The van der Waals surface area contributed by atoms with Gasteiger partial charge in [0.15, 0.2) is 0 Å². The number of rotatable bonds is 6. The maximum atomic E-state index is 11.8. The molecule has 1 aliphatic rings. The first-order valence-electron chi connectivity index (χ1n) is 8.46. The maximum absolute atomic E-state index is 11.8. The van der Waals surface area contributed by atoms with Crippen molar-refractivity contribution in [3.8, 4) is 11.5 Å². The summed E-state index contributed by atoms with van der Waals surface area (Å²) in [5, 5.41) is 0. The van der Waals surface area contributed by atoms with Crippen LogP contribution in [0, 0.1) is 0 Å². The van der Waals surface area contributed by atoms with E-state index in [1.54, 1.807) is 19.0 Å². The Bertz CT molecular complexity index is 766. The zero-order chi connectivity index (χ0) is 17.6. The molecule has 4 heteroatoms. The van der Waals surface area contributed by atoms with E-state index in [9.17, 15) is 4.79 Å². The molecule has 0 aliphatic carbocycles. The first-order chi connectivity index (χ1) is 12.1. The van der Waals surface area contributed by atoms with Crippen LogP contribution in [0.1, 0.15) is 24.0 Å². The second kappa shape index (κ2) is 7.88. The topological polar surface area (TPSA) is 38.8 Å². The fourth-order valence-electron chi connectivity index (χ4n) is 2.76. The normalized spacial score (nSPS) is 12.6. The predicted molar refractivity (Wildman–Crippen MR) is 98.6 cm³/mol. The summed E-state index contributed by atoms with van der Waals surface area (Å²) < 4.78 is 11.6. The third-order valence-corrected chi connectivity index (χ3v) is 4.22. The van der Waals surface area contributed by atoms with E-state index in [2.05, 4.69) is 6.08 Å². The largest absolute Gasteiger partial charge is 0.489 e. The average molecular weight is 337 g/mol. The summed E-state index contributed by atoms with van der Waals surface area (Å²) in [6.07, 6.45) is 3.28. The van der Waals surface area contributed by atoms with E-state index in [0.29, 0.717) is 19.6 Å². The van der Waals surface area contributed by atoms with Crippen molar-refractivity contribution in [1.29, 1.82) is 0 Å². The van der Waals surface area contributed by atoms with E-state index in [-0.39, 0.29) is 5.91 Å². The van der Waals surface area contributed by atoms with E-state index in [4.69, 9.17) is 9.47 Å². The van der Waals surface area contributed by atoms with E-state index in [0.717, 1.165) is 34.6 Å². The van der Waals surface area contributed by atoms with Crippen LogP contribution in [0.25, 0.3) is 5.57 Å². The molecule has 0 saturated heterocycles. The van der Waals surface area contributed by atoms with Crippen LogP contribution in [-0.4, -0.2) is 31.5 Å². The lowest BCUT2D eigenvalue weighted by Gasteiger charge is -2.20. The van der Waals surface area contributed by atoms with Gasteiger partial charge in [-0.05, 0) is 35.8 Å². The van der Waals surface area contributed by atoms with E-state index in [1.807, 2.05) is 48.5 Å². The predicted octanol–water partition coefficient (Wildman–Crippen LogP) is 3.91. The minimum Gasteiger partial charge on any atom is -0.489 e. The van der Waals surface area contributed by atoms with Crippen LogP contribution in [0.3, 0.4) is 0 Å². The van der Waals surface area contributed by atoms with Gasteiger partial charge in [-0.2, -0.15) is 0 Å². The standard InChI is InChI=1S/C21H23NO3/c1-22(2)21(23)11-8-17-12-13-24-20-14-18(9-10-19(17)20)25-15-16-6-4-3-5-7-16/h3-7,9-10,12,14H,8,11,13,15H2,1-2H3. The molecule has 0 bridgehead atoms. The van der Waals surface area contributed by atoms with Gasteiger partial charge in [-0.1, -0.05) is 30.3 Å². The number of amides is 1. The molecule has 0 fully saturated rings. The van der Waals surface area contributed by atoms with Crippen molar-refractivity contribution in [3.63, 3.8) is 0 Å². The Balaban J connectivity index is 1.66. The van der Waals surface area contributed by atoms with Crippen LogP contribution in [-0.2, 0) is 11.4 Å². The van der Waals surface area contributed by atoms with Crippen LogP contribution in [0.15, 0.2) is 54.6 Å². The van der Waals surface area contributed by atoms with Gasteiger partial charge in [0.1, 0.15) is 24.7 Å². The van der Waals surface area contributed by atoms with Gasteiger partial charge in [-0.3, -0.25) is 4.79 Å². The Morgan fingerprint density at radius 1 is 1.16 bits per heavy atom. The van der Waals surface area contributed by atoms with Crippen molar-refractivity contribution in [3.05, 3.63) is 65.7 Å². The van der Waals surface area contributed by atoms with Crippen LogP contribution in [0.4, 0.5) is 0 Å². The van der Waals surface area contributed by atoms with E-state index >= 15 is 0 Å². The fraction of sp³-hybridized carbons (Fsp3) is 0.286. The number of carbonyl (C=O) groups excluding carboxylic acids is 1. The zero-order valence-corrected chi connectivity index (χ0v) is 14.7. The van der Waals surface area contributed by atoms with Crippen LogP contribution in [0.2, 0.25) is 0 Å². The molecule has 1 heterocycles. The molecule has 0 radical (unpaired) electrons. The number of allylic oxidation sites excluding steroid dienone is 1. The molecule has 3 rings (SSSR count). The third-order valence-electron chi connectivity index (χ3n) is 4.22. The molecule has 25 heavy (non-hydrogen) atoms. The molecular formula is C21H23NO3. The maximum Gasteiger partial charge on any atom is 0.222 e. The van der Waals surface area contributed by atoms with Crippen LogP contribution >= 0.6 is 0 Å². The number of fused-ring (bicyclic) bond motifs is 1. The van der Waals surface area contributed by atoms with Crippen LogP contribution in [0.5, 0.6) is 11.5 Å². The average Bonchev–Trinajstić information content (AvgIpc) is 2.64. The number of carbonyl (C=O) groups is 1. The second-order valence-electron chi connectivity index (χ2n) is 6.26. The van der Waals surface area contributed by atoms with Crippen molar-refractivity contribution in [1.82, 2.24) is 4.90 Å². The number of hydrogen-bond acceptors (Lipinski definition) is 3. The Morgan fingerprint density at radius 3 is 2.72 bits per heavy atom. The second-order valence-corrected chi connectivity index (χ2v) is 6.26. The number of hydrogen-bond donors (Lipinski definition) is 0. The van der Waals surface area contributed by atoms with E-state index < -0.39 is 0 Å². The van der Waals surface area contributed by atoms with Crippen molar-refractivity contribution in [2.24, 2.45) is 0 Å². The number of ether oxygens (including phenoxy) is 2. The smallest absolute Gasteiger partial charge is 0.222 e. The molecule has 2 aromatic carbocycles. The van der Waals surface area contributed by atoms with Gasteiger partial charge in [0.25, 0.3) is 0 Å². The fourth-order valence-corrected chi connectivity index (χ4v) is 2.76. The monoisotopic (exact) mass is 337 g/mol. The third kappa shape index (κ3) is 4.41. The van der Waals surface area contributed by atoms with Crippen LogP contribution < -0.4 is 9.47 Å². The van der Waals surface area contributed by atoms with Crippen molar-refractivity contribution < 1.29 is 14.3 Å². The van der Waals surface area contributed by atoms with Gasteiger partial charge in [-0.15, -0.1) is 0 Å². The molecule has 130 valence electrons. The van der Waals surface area contributed by atoms with Crippen molar-refractivity contribution in [2.45, 2.75) is 19.4 Å². The highest BCUT2D eigenvalue weighted by molar-refractivity contribution is 5.80. The summed E-state index contributed by atoms with van der Waals surface area (Å²) in [6, 6.07) is 16.0. The minimum absolute atomic E-state index is 0.136. The molecular weight excluding hydrogens is 314 g/mol. The molecule has 0 spiro atoms. The quantitative estimate of drug-likeness (QED) is 0.802. The zero-order valence-electron chi connectivity index (χ0n) is 14.7. The van der Waals surface area contributed by atoms with Gasteiger partial charge in [0.05, 0.1) is 0 Å². The Kier molecular flexibility index (Phi) is 5.39. The first kappa shape index (κ1) is 17.1. The number of nitrogens with zero attached hydrogens (tertiary/aromatic N) is 1. The molecule has 2 aromatic rings. The minimum atomic E-state index is 0.136. The SMILES string of the molecule is CN(C)C(=O)CCC1=CCOc2cc(OCc3ccccc3)ccc21. The lowest BCUT2D eigenvalue weighted by Crippen LogP contribution is -2.21. The van der Waals surface area contributed by atoms with Gasteiger partial charge >= 0.3 is 0 Å². The van der Waals surface area contributed by atoms with Crippen molar-refractivity contribution in [2.75, 3.05) is 20.7 Å². The summed E-state index contributed by atoms with van der Waals surface area (Å²) in [6.45, 7) is 1.06. The molecule has 0 N–H and O–H groups in total. The summed E-state index contributed by atoms with van der Waals surface area (Å²) in [5.41, 5.74) is 3.33. The molecule has 1 aliphatic heterocycles. The van der Waals surface area contributed by atoms with Gasteiger partial charge in [-0.25, -0.2) is 0 Å². The highest BCUT2D eigenvalue weighted by atomic mass is 16.5. The van der Waals surface area contributed by atoms with Gasteiger partial charge < -0.3 is 14.4 Å². The van der Waals surface area contributed by atoms with Gasteiger partial charge in [0, 0.05) is 32.1 Å². The Morgan fingerprint density at radius 2 is 1.96 bits per heavy atom. The summed E-state index contributed by atoms with van der Waals surface area (Å²) >= 11 is 0. The molecule has 0 unspecified atom stereocenters. The van der Waals surface area contributed by atoms with Gasteiger partial charge in [0.2, 0.25) is 5.91 Å². The highest BCUT2D eigenvalue weighted by Gasteiger charge is 2.16. The Hall–Kier alpha value is -2.75. The highest BCUT2D eigenvalue weighted by Crippen LogP contribution is 2.35. The summed E-state index contributed by atoms with van der Waals surface area (Å²) in [7, 11) is 3.57. The van der Waals surface area contributed by atoms with Crippen molar-refractivity contribution >= 4 is 11.5 Å². The number of benzene rings is 2. The summed E-state index contributed by atoms with van der Waals surface area (Å²) in [5.74, 6) is 1.74. The lowest BCUT2D eigenvalue weighted by molar-refractivity contribution is -0.128. The molecule has 4 nitrogen and oxygen atoms in total. The van der Waals surface area contributed by atoms with E-state index in [1.165, 1.54) is 0 Å². The molecule has 0 saturated carbocycles. The molecule has 0 atom stereocenters. The molecule has 0 aromatic heterocycles. The lowest BCUT2D eigenvalue weighted by atomic mass is 9.98. The Labute approximate surface area is 148 Å². The molecule has 1 amide bonds.